The van der Waals surface area contributed by atoms with Crippen molar-refractivity contribution >= 4 is 5.97 Å². The summed E-state index contributed by atoms with van der Waals surface area (Å²) in [6, 6.07) is 3.52. The predicted octanol–water partition coefficient (Wildman–Crippen LogP) is 4.69. The zero-order valence-electron chi connectivity index (χ0n) is 17.9. The average molecular weight is 391 g/mol. The molecule has 2 rings (SSSR count). The van der Waals surface area contributed by atoms with Crippen molar-refractivity contribution in [1.29, 1.82) is 0 Å². The average Bonchev–Trinajstić information content (AvgIpc) is 2.62. The molecule has 0 heterocycles. The standard InChI is InChI=1S/C23H34O5/c1-8-23(6)10-9-20(28-15(3)24)22(4,5)19(23)13-17(25)16-11-14(2)12-18(27-7)21(16)26/h8,11-12,17,19-20,25-26H,1,9-10,13H2,2-7H3/t17?,19-,20+,23-/m1/s1. The van der Waals surface area contributed by atoms with Gasteiger partial charge in [0.25, 0.3) is 0 Å². The highest BCUT2D eigenvalue weighted by Gasteiger charge is 2.52. The molecule has 1 aromatic carbocycles. The Hall–Kier alpha value is -2.01. The predicted molar refractivity (Wildman–Crippen MR) is 109 cm³/mol. The van der Waals surface area contributed by atoms with Gasteiger partial charge in [-0.2, -0.15) is 0 Å². The maximum atomic E-state index is 11.6. The van der Waals surface area contributed by atoms with Crippen LogP contribution in [0.15, 0.2) is 24.8 Å². The monoisotopic (exact) mass is 390 g/mol. The topological polar surface area (TPSA) is 76.0 Å². The van der Waals surface area contributed by atoms with Crippen LogP contribution in [0.2, 0.25) is 0 Å². The number of aryl methyl sites for hydroxylation is 1. The van der Waals surface area contributed by atoms with E-state index in [0.717, 1.165) is 18.4 Å². The molecule has 2 N–H and O–H groups in total. The molecule has 1 fully saturated rings. The fourth-order valence-corrected chi connectivity index (χ4v) is 4.82. The Morgan fingerprint density at radius 2 is 2.04 bits per heavy atom. The molecule has 1 aliphatic rings. The Morgan fingerprint density at radius 1 is 1.39 bits per heavy atom. The van der Waals surface area contributed by atoms with Gasteiger partial charge < -0.3 is 19.7 Å². The molecule has 0 bridgehead atoms. The minimum Gasteiger partial charge on any atom is -0.504 e. The van der Waals surface area contributed by atoms with Crippen LogP contribution in [0.4, 0.5) is 0 Å². The molecule has 0 aromatic heterocycles. The van der Waals surface area contributed by atoms with Crippen molar-refractivity contribution in [3.8, 4) is 11.5 Å². The Balaban J connectivity index is 2.40. The maximum absolute atomic E-state index is 11.6. The van der Waals surface area contributed by atoms with Crippen molar-refractivity contribution < 1.29 is 24.5 Å². The number of aliphatic hydroxyl groups excluding tert-OH is 1. The van der Waals surface area contributed by atoms with Gasteiger partial charge in [-0.1, -0.05) is 26.8 Å². The van der Waals surface area contributed by atoms with Crippen LogP contribution in [0.5, 0.6) is 11.5 Å². The summed E-state index contributed by atoms with van der Waals surface area (Å²) in [6.07, 6.45) is 2.83. The van der Waals surface area contributed by atoms with Crippen LogP contribution in [-0.4, -0.2) is 29.4 Å². The van der Waals surface area contributed by atoms with Gasteiger partial charge in [0.05, 0.1) is 13.2 Å². The zero-order valence-corrected chi connectivity index (χ0v) is 17.9. The third-order valence-electron chi connectivity index (χ3n) is 6.53. The van der Waals surface area contributed by atoms with Gasteiger partial charge in [0.1, 0.15) is 6.10 Å². The molecule has 156 valence electrons. The van der Waals surface area contributed by atoms with E-state index in [1.54, 1.807) is 12.1 Å². The summed E-state index contributed by atoms with van der Waals surface area (Å²) in [4.78, 5) is 11.6. The zero-order chi connectivity index (χ0) is 21.3. The van der Waals surface area contributed by atoms with Crippen molar-refractivity contribution in [3.05, 3.63) is 35.9 Å². The number of aromatic hydroxyl groups is 1. The lowest BCUT2D eigenvalue weighted by atomic mass is 9.53. The number of benzene rings is 1. The largest absolute Gasteiger partial charge is 0.504 e. The molecule has 1 saturated carbocycles. The Bertz CT molecular complexity index is 739. The quantitative estimate of drug-likeness (QED) is 0.544. The van der Waals surface area contributed by atoms with Crippen LogP contribution in [0, 0.1) is 23.7 Å². The van der Waals surface area contributed by atoms with Gasteiger partial charge in [0, 0.05) is 17.9 Å². The van der Waals surface area contributed by atoms with E-state index in [2.05, 4.69) is 27.4 Å². The minimum atomic E-state index is -0.881. The van der Waals surface area contributed by atoms with E-state index in [9.17, 15) is 15.0 Å². The molecular weight excluding hydrogens is 356 g/mol. The number of hydrogen-bond donors (Lipinski definition) is 2. The fourth-order valence-electron chi connectivity index (χ4n) is 4.82. The number of rotatable bonds is 6. The number of phenols is 1. The van der Waals surface area contributed by atoms with E-state index in [0.29, 0.717) is 17.7 Å². The highest BCUT2D eigenvalue weighted by Crippen LogP contribution is 2.56. The second-order valence-corrected chi connectivity index (χ2v) is 8.88. The third kappa shape index (κ3) is 4.19. The molecule has 0 radical (unpaired) electrons. The number of carbonyl (C=O) groups is 1. The van der Waals surface area contributed by atoms with Gasteiger partial charge in [-0.25, -0.2) is 0 Å². The van der Waals surface area contributed by atoms with Gasteiger partial charge in [0.2, 0.25) is 0 Å². The molecule has 5 nitrogen and oxygen atoms in total. The second kappa shape index (κ2) is 8.16. The van der Waals surface area contributed by atoms with Crippen molar-refractivity contribution in [2.75, 3.05) is 7.11 Å². The number of hydrogen-bond acceptors (Lipinski definition) is 5. The van der Waals surface area contributed by atoms with Crippen LogP contribution in [-0.2, 0) is 9.53 Å². The summed E-state index contributed by atoms with van der Waals surface area (Å²) >= 11 is 0. The van der Waals surface area contributed by atoms with Gasteiger partial charge in [-0.3, -0.25) is 4.79 Å². The SMILES string of the molecule is C=C[C@]1(C)CC[C@H](OC(C)=O)C(C)(C)[C@H]1CC(O)c1cc(C)cc(OC)c1O. The minimum absolute atomic E-state index is 0.00323. The summed E-state index contributed by atoms with van der Waals surface area (Å²) < 4.78 is 10.9. The molecule has 0 amide bonds. The molecule has 1 unspecified atom stereocenters. The van der Waals surface area contributed by atoms with Crippen molar-refractivity contribution in [3.63, 3.8) is 0 Å². The first kappa shape index (κ1) is 22.3. The lowest BCUT2D eigenvalue weighted by molar-refractivity contribution is -0.166. The maximum Gasteiger partial charge on any atom is 0.302 e. The van der Waals surface area contributed by atoms with Crippen LogP contribution in [0.25, 0.3) is 0 Å². The van der Waals surface area contributed by atoms with E-state index < -0.39 is 6.10 Å². The van der Waals surface area contributed by atoms with Crippen LogP contribution >= 0.6 is 0 Å². The second-order valence-electron chi connectivity index (χ2n) is 8.88. The number of aliphatic hydroxyl groups is 1. The molecule has 4 atom stereocenters. The molecule has 5 heteroatoms. The molecule has 1 aliphatic carbocycles. The summed E-state index contributed by atoms with van der Waals surface area (Å²) in [7, 11) is 1.49. The lowest BCUT2D eigenvalue weighted by Gasteiger charge is -2.53. The first-order chi connectivity index (χ1) is 13.0. The molecule has 0 aliphatic heterocycles. The Morgan fingerprint density at radius 3 is 2.57 bits per heavy atom. The van der Waals surface area contributed by atoms with E-state index in [4.69, 9.17) is 9.47 Å². The van der Waals surface area contributed by atoms with Crippen LogP contribution < -0.4 is 4.74 Å². The number of phenolic OH excluding ortho intramolecular Hbond substituents is 1. The normalized spacial score (nSPS) is 27.7. The molecule has 1 aromatic rings. The summed E-state index contributed by atoms with van der Waals surface area (Å²) in [6.45, 7) is 13.7. The smallest absolute Gasteiger partial charge is 0.302 e. The Labute approximate surface area is 168 Å². The number of allylic oxidation sites excluding steroid dienone is 1. The third-order valence-corrected chi connectivity index (χ3v) is 6.53. The van der Waals surface area contributed by atoms with Crippen molar-refractivity contribution in [2.45, 2.75) is 66.1 Å². The van der Waals surface area contributed by atoms with Crippen molar-refractivity contribution in [1.82, 2.24) is 0 Å². The number of ether oxygens (including phenoxy) is 2. The molecular formula is C23H34O5. The van der Waals surface area contributed by atoms with E-state index in [1.807, 2.05) is 13.0 Å². The van der Waals surface area contributed by atoms with Gasteiger partial charge in [-0.15, -0.1) is 6.58 Å². The number of carbonyl (C=O) groups excluding carboxylic acids is 1. The first-order valence-corrected chi connectivity index (χ1v) is 9.82. The van der Waals surface area contributed by atoms with Crippen LogP contribution in [0.3, 0.4) is 0 Å². The highest BCUT2D eigenvalue weighted by atomic mass is 16.5. The lowest BCUT2D eigenvalue weighted by Crippen LogP contribution is -2.51. The fraction of sp³-hybridized carbons (Fsp3) is 0.609. The van der Waals surface area contributed by atoms with Gasteiger partial charge >= 0.3 is 5.97 Å². The molecule has 0 spiro atoms. The van der Waals surface area contributed by atoms with Gasteiger partial charge in [-0.05, 0) is 55.2 Å². The van der Waals surface area contributed by atoms with E-state index in [1.165, 1.54) is 14.0 Å². The summed E-state index contributed by atoms with van der Waals surface area (Å²) in [5.41, 5.74) is 0.770. The number of methoxy groups -OCH3 is 1. The number of esters is 1. The summed E-state index contributed by atoms with van der Waals surface area (Å²) in [5, 5.41) is 21.6. The highest BCUT2D eigenvalue weighted by molar-refractivity contribution is 5.66. The molecule has 0 saturated heterocycles. The molecule has 28 heavy (non-hydrogen) atoms. The Kier molecular flexibility index (Phi) is 6.49. The summed E-state index contributed by atoms with van der Waals surface area (Å²) in [5.74, 6) is 0.0180. The first-order valence-electron chi connectivity index (χ1n) is 9.82. The van der Waals surface area contributed by atoms with Gasteiger partial charge in [0.15, 0.2) is 11.5 Å². The van der Waals surface area contributed by atoms with Crippen LogP contribution in [0.1, 0.15) is 64.2 Å². The van der Waals surface area contributed by atoms with E-state index in [-0.39, 0.29) is 34.6 Å². The van der Waals surface area contributed by atoms with E-state index >= 15 is 0 Å². The van der Waals surface area contributed by atoms with Crippen molar-refractivity contribution in [2.24, 2.45) is 16.7 Å².